The zero-order chi connectivity index (χ0) is 23.2. The summed E-state index contributed by atoms with van der Waals surface area (Å²) in [7, 11) is 0. The molecule has 1 amide bonds. The van der Waals surface area contributed by atoms with Gasteiger partial charge >= 0.3 is 0 Å². The van der Waals surface area contributed by atoms with Crippen molar-refractivity contribution in [3.63, 3.8) is 0 Å². The first-order valence-corrected chi connectivity index (χ1v) is 11.9. The Morgan fingerprint density at radius 1 is 0.706 bits per heavy atom. The van der Waals surface area contributed by atoms with E-state index in [1.54, 1.807) is 0 Å². The Bertz CT molecular complexity index is 1210. The third kappa shape index (κ3) is 5.31. The second-order valence-corrected chi connectivity index (χ2v) is 8.69. The maximum Gasteiger partial charge on any atom is 0.228 e. The molecule has 1 aliphatic rings. The highest BCUT2D eigenvalue weighted by Gasteiger charge is 2.13. The number of piperidine rings is 1. The van der Waals surface area contributed by atoms with Gasteiger partial charge in [-0.2, -0.15) is 0 Å². The van der Waals surface area contributed by atoms with Gasteiger partial charge in [0.25, 0.3) is 0 Å². The minimum absolute atomic E-state index is 0.0362. The van der Waals surface area contributed by atoms with E-state index in [0.717, 1.165) is 47.0 Å². The number of hydrogen-bond donors (Lipinski definition) is 1. The molecule has 5 nitrogen and oxygen atoms in total. The fourth-order valence-corrected chi connectivity index (χ4v) is 4.33. The van der Waals surface area contributed by atoms with Gasteiger partial charge in [0, 0.05) is 24.3 Å². The Morgan fingerprint density at radius 2 is 1.38 bits per heavy atom. The first-order valence-electron chi connectivity index (χ1n) is 11.9. The summed E-state index contributed by atoms with van der Waals surface area (Å²) in [6.45, 7) is 2.11. The topological polar surface area (TPSA) is 58.1 Å². The summed E-state index contributed by atoms with van der Waals surface area (Å²) in [6.07, 6.45) is 4.07. The van der Waals surface area contributed by atoms with Crippen molar-refractivity contribution < 1.29 is 4.79 Å². The summed E-state index contributed by atoms with van der Waals surface area (Å²) in [5, 5.41) is 11.8. The van der Waals surface area contributed by atoms with E-state index in [-0.39, 0.29) is 5.91 Å². The summed E-state index contributed by atoms with van der Waals surface area (Å²) in [5.41, 5.74) is 5.88. The maximum absolute atomic E-state index is 12.5. The average molecular weight is 449 g/mol. The van der Waals surface area contributed by atoms with E-state index < -0.39 is 0 Å². The molecule has 34 heavy (non-hydrogen) atoms. The van der Waals surface area contributed by atoms with E-state index in [2.05, 4.69) is 44.7 Å². The number of anilines is 2. The van der Waals surface area contributed by atoms with Crippen molar-refractivity contribution >= 4 is 17.4 Å². The van der Waals surface area contributed by atoms with Gasteiger partial charge < -0.3 is 10.2 Å². The first kappa shape index (κ1) is 21.8. The van der Waals surface area contributed by atoms with Crippen LogP contribution < -0.4 is 10.2 Å². The van der Waals surface area contributed by atoms with E-state index >= 15 is 0 Å². The number of nitrogens with one attached hydrogen (secondary N) is 1. The van der Waals surface area contributed by atoms with E-state index in [1.807, 2.05) is 66.7 Å². The lowest BCUT2D eigenvalue weighted by atomic mass is 10.0. The smallest absolute Gasteiger partial charge is 0.228 e. The predicted molar refractivity (Wildman–Crippen MR) is 138 cm³/mol. The van der Waals surface area contributed by atoms with Gasteiger partial charge in [0.05, 0.1) is 12.1 Å². The number of nitrogens with zero attached hydrogens (tertiary/aromatic N) is 3. The van der Waals surface area contributed by atoms with Crippen LogP contribution in [0.3, 0.4) is 0 Å². The zero-order valence-corrected chi connectivity index (χ0v) is 19.2. The first-order chi connectivity index (χ1) is 16.7. The van der Waals surface area contributed by atoms with E-state index in [4.69, 9.17) is 0 Å². The van der Waals surface area contributed by atoms with Crippen LogP contribution in [-0.2, 0) is 11.2 Å². The molecule has 170 valence electrons. The Kier molecular flexibility index (Phi) is 6.61. The summed E-state index contributed by atoms with van der Waals surface area (Å²) in [5.74, 6) is 0.912. The van der Waals surface area contributed by atoms with Crippen LogP contribution in [0.25, 0.3) is 22.4 Å². The summed E-state index contributed by atoms with van der Waals surface area (Å²) in [4.78, 5) is 14.8. The van der Waals surface area contributed by atoms with Gasteiger partial charge in [0.15, 0.2) is 5.82 Å². The lowest BCUT2D eigenvalue weighted by Gasteiger charge is -2.27. The summed E-state index contributed by atoms with van der Waals surface area (Å²) < 4.78 is 0. The largest absolute Gasteiger partial charge is 0.355 e. The normalized spacial score (nSPS) is 13.5. The number of hydrogen-bond acceptors (Lipinski definition) is 4. The van der Waals surface area contributed by atoms with Crippen LogP contribution in [0.15, 0.2) is 91.0 Å². The SMILES string of the molecule is O=C(Cc1ccc(-c2ccccc2)cc1)Nc1ccc(-c2ccc(N3CCCCC3)nn2)cc1. The summed E-state index contributed by atoms with van der Waals surface area (Å²) in [6, 6.07) is 30.2. The van der Waals surface area contributed by atoms with E-state index in [9.17, 15) is 4.79 Å². The highest BCUT2D eigenvalue weighted by Crippen LogP contribution is 2.23. The molecule has 5 rings (SSSR count). The number of aromatic nitrogens is 2. The van der Waals surface area contributed by atoms with Crippen molar-refractivity contribution in [1.82, 2.24) is 10.2 Å². The molecule has 0 atom stereocenters. The van der Waals surface area contributed by atoms with Gasteiger partial charge in [-0.3, -0.25) is 4.79 Å². The highest BCUT2D eigenvalue weighted by molar-refractivity contribution is 5.92. The molecule has 1 aliphatic heterocycles. The molecule has 0 aliphatic carbocycles. The van der Waals surface area contributed by atoms with Crippen molar-refractivity contribution in [2.75, 3.05) is 23.3 Å². The molecule has 1 aromatic heterocycles. The van der Waals surface area contributed by atoms with Crippen LogP contribution in [0, 0.1) is 0 Å². The molecule has 1 N–H and O–H groups in total. The van der Waals surface area contributed by atoms with Crippen LogP contribution in [0.1, 0.15) is 24.8 Å². The van der Waals surface area contributed by atoms with Crippen LogP contribution in [0.4, 0.5) is 11.5 Å². The molecule has 1 saturated heterocycles. The molecular formula is C29H28N4O. The quantitative estimate of drug-likeness (QED) is 0.394. The average Bonchev–Trinajstić information content (AvgIpc) is 2.91. The van der Waals surface area contributed by atoms with Crippen molar-refractivity contribution in [2.24, 2.45) is 0 Å². The Morgan fingerprint density at radius 3 is 2.06 bits per heavy atom. The van der Waals surface area contributed by atoms with E-state index in [1.165, 1.54) is 24.8 Å². The van der Waals surface area contributed by atoms with Crippen molar-refractivity contribution in [1.29, 1.82) is 0 Å². The molecule has 5 heteroatoms. The van der Waals surface area contributed by atoms with Crippen LogP contribution >= 0.6 is 0 Å². The Balaban J connectivity index is 1.17. The molecule has 0 bridgehead atoms. The summed E-state index contributed by atoms with van der Waals surface area (Å²) >= 11 is 0. The third-order valence-electron chi connectivity index (χ3n) is 6.22. The van der Waals surface area contributed by atoms with Crippen LogP contribution in [0.2, 0.25) is 0 Å². The molecular weight excluding hydrogens is 420 g/mol. The van der Waals surface area contributed by atoms with Gasteiger partial charge in [0.2, 0.25) is 5.91 Å². The fraction of sp³-hybridized carbons (Fsp3) is 0.207. The lowest BCUT2D eigenvalue weighted by molar-refractivity contribution is -0.115. The van der Waals surface area contributed by atoms with Crippen LogP contribution in [0.5, 0.6) is 0 Å². The molecule has 0 saturated carbocycles. The predicted octanol–water partition coefficient (Wildman–Crippen LogP) is 5.98. The molecule has 2 heterocycles. The zero-order valence-electron chi connectivity index (χ0n) is 19.2. The molecule has 3 aromatic carbocycles. The second kappa shape index (κ2) is 10.3. The van der Waals surface area contributed by atoms with Gasteiger partial charge in [-0.25, -0.2) is 0 Å². The second-order valence-electron chi connectivity index (χ2n) is 8.69. The number of amides is 1. The molecule has 0 unspecified atom stereocenters. The molecule has 4 aromatic rings. The lowest BCUT2D eigenvalue weighted by Crippen LogP contribution is -2.30. The van der Waals surface area contributed by atoms with Crippen molar-refractivity contribution in [3.8, 4) is 22.4 Å². The van der Waals surface area contributed by atoms with Crippen molar-refractivity contribution in [2.45, 2.75) is 25.7 Å². The van der Waals surface area contributed by atoms with Gasteiger partial charge in [-0.15, -0.1) is 10.2 Å². The van der Waals surface area contributed by atoms with Crippen LogP contribution in [-0.4, -0.2) is 29.2 Å². The number of carbonyl (C=O) groups is 1. The molecule has 0 spiro atoms. The Hall–Kier alpha value is -3.99. The molecule has 1 fully saturated rings. The van der Waals surface area contributed by atoms with Gasteiger partial charge in [0.1, 0.15) is 0 Å². The maximum atomic E-state index is 12.5. The third-order valence-corrected chi connectivity index (χ3v) is 6.22. The number of benzene rings is 3. The standard InChI is InChI=1S/C29H28N4O/c34-29(21-22-9-11-24(12-10-22)23-7-3-1-4-8-23)30-26-15-13-25(14-16-26)27-17-18-28(32-31-27)33-19-5-2-6-20-33/h1,3-4,7-18H,2,5-6,19-21H2,(H,30,34). The number of carbonyl (C=O) groups excluding carboxylic acids is 1. The van der Waals surface area contributed by atoms with E-state index in [0.29, 0.717) is 6.42 Å². The molecule has 0 radical (unpaired) electrons. The minimum Gasteiger partial charge on any atom is -0.355 e. The fourth-order valence-electron chi connectivity index (χ4n) is 4.33. The van der Waals surface area contributed by atoms with Gasteiger partial charge in [-0.05, 0) is 60.2 Å². The highest BCUT2D eigenvalue weighted by atomic mass is 16.1. The monoisotopic (exact) mass is 448 g/mol. The Labute approximate surface area is 200 Å². The van der Waals surface area contributed by atoms with Crippen molar-refractivity contribution in [3.05, 3.63) is 96.6 Å². The minimum atomic E-state index is -0.0362. The number of rotatable bonds is 6. The van der Waals surface area contributed by atoms with Gasteiger partial charge in [-0.1, -0.05) is 66.7 Å².